The number of carbonyl (C=O) groups is 4. The zero-order valence-corrected chi connectivity index (χ0v) is 36.4. The number of ether oxygens (including phenoxy) is 2. The number of aromatic nitrogens is 4. The van der Waals surface area contributed by atoms with Crippen molar-refractivity contribution >= 4 is 55.9 Å². The molecule has 19 heteroatoms. The summed E-state index contributed by atoms with van der Waals surface area (Å²) in [5, 5.41) is 12.1. The van der Waals surface area contributed by atoms with Crippen LogP contribution >= 0.6 is 11.3 Å². The Bertz CT molecular complexity index is 2520. The number of pyridine rings is 1. The molecule has 4 aromatic rings. The summed E-state index contributed by atoms with van der Waals surface area (Å²) < 4.78 is 45.6. The molecule has 8 rings (SSSR count). The molecular weight excluding hydrogens is 825 g/mol. The number of hydrogen-bond acceptors (Lipinski definition) is 14. The minimum Gasteiger partial charge on any atom is -0.496 e. The van der Waals surface area contributed by atoms with Crippen molar-refractivity contribution in [3.8, 4) is 22.2 Å². The fraction of sp³-hybridized carbons (Fsp3) is 0.524. The second-order valence-electron chi connectivity index (χ2n) is 16.7. The molecule has 17 nitrogen and oxygen atoms in total. The van der Waals surface area contributed by atoms with Gasteiger partial charge in [0.1, 0.15) is 45.9 Å². The molecule has 0 radical (unpaired) electrons. The number of sulfonamides is 1. The minimum absolute atomic E-state index is 0.0177. The van der Waals surface area contributed by atoms with E-state index in [0.29, 0.717) is 58.8 Å². The largest absolute Gasteiger partial charge is 0.496 e. The number of fused-ring (bicyclic) bond motifs is 3. The van der Waals surface area contributed by atoms with Crippen LogP contribution in [0.2, 0.25) is 0 Å². The summed E-state index contributed by atoms with van der Waals surface area (Å²) in [5.74, 6) is -1.89. The number of allylic oxidation sites excluding steroid dienone is 1. The fourth-order valence-corrected chi connectivity index (χ4v) is 10.4. The predicted molar refractivity (Wildman–Crippen MR) is 224 cm³/mol. The van der Waals surface area contributed by atoms with Crippen molar-refractivity contribution in [2.24, 2.45) is 5.92 Å². The Morgan fingerprint density at radius 1 is 1.07 bits per heavy atom. The van der Waals surface area contributed by atoms with E-state index >= 15 is 0 Å². The molecule has 2 aliphatic carbocycles. The van der Waals surface area contributed by atoms with E-state index in [1.165, 1.54) is 16.2 Å². The summed E-state index contributed by atoms with van der Waals surface area (Å²) in [6.45, 7) is 7.54. The average molecular weight is 875 g/mol. The van der Waals surface area contributed by atoms with E-state index in [1.54, 1.807) is 14.0 Å². The number of hydrogen-bond donors (Lipinski definition) is 3. The molecule has 3 aromatic heterocycles. The molecule has 0 unspecified atom stereocenters. The Balaban J connectivity index is 1.15. The molecule has 2 saturated carbocycles. The molecule has 3 fully saturated rings. The second kappa shape index (κ2) is 16.8. The number of nitrogens with one attached hydrogen (secondary N) is 3. The van der Waals surface area contributed by atoms with Gasteiger partial charge in [-0.2, -0.15) is 4.98 Å². The molecule has 4 amide bonds. The van der Waals surface area contributed by atoms with E-state index < -0.39 is 68.5 Å². The maximum atomic E-state index is 14.8. The summed E-state index contributed by atoms with van der Waals surface area (Å²) >= 11 is 1.47. The summed E-state index contributed by atoms with van der Waals surface area (Å²) in [4.78, 5) is 72.0. The maximum Gasteiger partial charge on any atom is 0.293 e. The molecule has 5 atom stereocenters. The number of thiazole rings is 1. The third-order valence-electron chi connectivity index (χ3n) is 11.9. The molecule has 0 bridgehead atoms. The van der Waals surface area contributed by atoms with Crippen molar-refractivity contribution in [1.29, 1.82) is 0 Å². The van der Waals surface area contributed by atoms with Crippen molar-refractivity contribution in [3.63, 3.8) is 0 Å². The zero-order chi connectivity index (χ0) is 43.2. The van der Waals surface area contributed by atoms with Gasteiger partial charge in [0.05, 0.1) is 30.1 Å². The van der Waals surface area contributed by atoms with E-state index in [4.69, 9.17) is 24.0 Å². The number of carbonyl (C=O) groups excluding carboxylic acids is 4. The highest BCUT2D eigenvalue weighted by molar-refractivity contribution is 7.91. The van der Waals surface area contributed by atoms with Crippen LogP contribution in [0.4, 0.5) is 0 Å². The number of methoxy groups -OCH3 is 1. The number of benzene rings is 1. The number of nitrogens with zero attached hydrogens (tertiary/aromatic N) is 5. The number of aryl methyl sites for hydroxylation is 2. The highest BCUT2D eigenvalue weighted by atomic mass is 32.2. The molecule has 61 heavy (non-hydrogen) atoms. The highest BCUT2D eigenvalue weighted by Crippen LogP contribution is 2.46. The van der Waals surface area contributed by atoms with Gasteiger partial charge in [-0.15, -0.1) is 11.3 Å². The Labute approximate surface area is 357 Å². The van der Waals surface area contributed by atoms with Gasteiger partial charge in [-0.3, -0.25) is 23.9 Å². The van der Waals surface area contributed by atoms with Crippen molar-refractivity contribution in [2.45, 2.75) is 120 Å². The van der Waals surface area contributed by atoms with Gasteiger partial charge in [-0.1, -0.05) is 44.0 Å². The van der Waals surface area contributed by atoms with Crippen LogP contribution in [0.3, 0.4) is 0 Å². The minimum atomic E-state index is -3.93. The first-order valence-corrected chi connectivity index (χ1v) is 23.2. The lowest BCUT2D eigenvalue weighted by atomic mass is 10.0. The average Bonchev–Trinajstić information content (AvgIpc) is 4.01. The Hall–Kier alpha value is -5.43. The second-order valence-corrected chi connectivity index (χ2v) is 19.5. The summed E-state index contributed by atoms with van der Waals surface area (Å²) in [5.41, 5.74) is 1.40. The van der Waals surface area contributed by atoms with Crippen LogP contribution in [0.15, 0.2) is 40.3 Å². The van der Waals surface area contributed by atoms with Crippen molar-refractivity contribution in [2.75, 3.05) is 13.7 Å². The third kappa shape index (κ3) is 8.71. The lowest BCUT2D eigenvalue weighted by molar-refractivity contribution is -0.141. The third-order valence-corrected chi connectivity index (χ3v) is 14.6. The van der Waals surface area contributed by atoms with Gasteiger partial charge in [-0.05, 0) is 63.5 Å². The number of rotatable bonds is 10. The Morgan fingerprint density at radius 3 is 2.57 bits per heavy atom. The lowest BCUT2D eigenvalue weighted by Crippen LogP contribution is -2.58. The van der Waals surface area contributed by atoms with Gasteiger partial charge >= 0.3 is 0 Å². The van der Waals surface area contributed by atoms with Gasteiger partial charge in [0.15, 0.2) is 0 Å². The van der Waals surface area contributed by atoms with E-state index in [9.17, 15) is 27.6 Å². The lowest BCUT2D eigenvalue weighted by Gasteiger charge is -2.29. The van der Waals surface area contributed by atoms with Crippen LogP contribution in [0.5, 0.6) is 11.5 Å². The first kappa shape index (κ1) is 42.3. The zero-order valence-electron chi connectivity index (χ0n) is 34.7. The van der Waals surface area contributed by atoms with Crippen LogP contribution in [-0.4, -0.2) is 99.7 Å². The van der Waals surface area contributed by atoms with E-state index in [0.717, 1.165) is 24.1 Å². The molecule has 3 N–H and O–H groups in total. The quantitative estimate of drug-likeness (QED) is 0.185. The highest BCUT2D eigenvalue weighted by Gasteiger charge is 2.62. The first-order chi connectivity index (χ1) is 29.2. The van der Waals surface area contributed by atoms with Crippen molar-refractivity contribution < 1.29 is 41.6 Å². The molecule has 2 aliphatic heterocycles. The van der Waals surface area contributed by atoms with Crippen molar-refractivity contribution in [3.05, 3.63) is 58.7 Å². The van der Waals surface area contributed by atoms with Gasteiger partial charge in [0.2, 0.25) is 27.7 Å². The number of amides is 4. The normalized spacial score (nSPS) is 25.2. The van der Waals surface area contributed by atoms with Crippen LogP contribution < -0.4 is 24.8 Å². The molecule has 0 spiro atoms. The van der Waals surface area contributed by atoms with Crippen molar-refractivity contribution in [1.82, 2.24) is 40.4 Å². The van der Waals surface area contributed by atoms with E-state index in [2.05, 4.69) is 39.3 Å². The smallest absolute Gasteiger partial charge is 0.293 e. The van der Waals surface area contributed by atoms with Gasteiger partial charge in [-0.25, -0.2) is 18.4 Å². The van der Waals surface area contributed by atoms with Gasteiger partial charge in [0.25, 0.3) is 17.6 Å². The maximum absolute atomic E-state index is 14.8. The SMILES string of the molecule is COc1ccc2c(O[C@@H]3C[C@H]4C(=O)N[C@]5(C(=O)NS(=O)(=O)C6CC6)C[C@H]5/C=C\CCCCC[C@H](NC(=O)c5noc(C)n5)C(=O)N4C3)cc(-c3nc(C(C)C)cs3)nc2c1C. The molecule has 1 aromatic carbocycles. The Kier molecular flexibility index (Phi) is 11.6. The van der Waals surface area contributed by atoms with Crippen LogP contribution in [-0.2, 0) is 24.4 Å². The molecular formula is C42H50N8O9S2. The molecule has 1 saturated heterocycles. The standard InChI is InChI=1S/C42H50N8O9S2/c1-22(2)31-21-60-39(46-31)30-18-34(28-15-16-33(57-5)23(3)35(28)44-30)58-26-17-32-37(51)47-42(41(54)49-61(55,56)27-13-14-27)19-25(42)11-9-7-6-8-10-12-29(40(53)50(32)20-26)45-38(52)36-43-24(4)59-48-36/h9,11,15-16,18,21-22,25-27,29,32H,6-8,10,12-14,17,19-20H2,1-5H3,(H,45,52)(H,47,51)(H,49,54)/b11-9-/t25-,26-,29+,32+,42-/m1/s1. The van der Waals surface area contributed by atoms with Crippen LogP contribution in [0.1, 0.15) is 105 Å². The monoisotopic (exact) mass is 874 g/mol. The van der Waals surface area contributed by atoms with Crippen LogP contribution in [0.25, 0.3) is 21.6 Å². The van der Waals surface area contributed by atoms with E-state index in [1.807, 2.05) is 42.7 Å². The topological polar surface area (TPSA) is 225 Å². The van der Waals surface area contributed by atoms with Gasteiger partial charge < -0.3 is 29.5 Å². The fourth-order valence-electron chi connectivity index (χ4n) is 8.12. The Morgan fingerprint density at radius 2 is 1.87 bits per heavy atom. The van der Waals surface area contributed by atoms with E-state index in [-0.39, 0.29) is 43.4 Å². The molecule has 5 heterocycles. The molecule has 4 aliphatic rings. The molecule has 324 valence electrons. The van der Waals surface area contributed by atoms with Crippen LogP contribution in [0, 0.1) is 19.8 Å². The summed E-state index contributed by atoms with van der Waals surface area (Å²) in [6, 6.07) is 3.26. The van der Waals surface area contributed by atoms with Gasteiger partial charge in [0, 0.05) is 41.7 Å². The summed E-state index contributed by atoms with van der Waals surface area (Å²) in [7, 11) is -2.34. The summed E-state index contributed by atoms with van der Waals surface area (Å²) in [6.07, 6.45) is 7.19. The predicted octanol–water partition coefficient (Wildman–Crippen LogP) is 4.64. The first-order valence-electron chi connectivity index (χ1n) is 20.7.